The third-order valence-corrected chi connectivity index (χ3v) is 5.50. The van der Waals surface area contributed by atoms with Crippen molar-refractivity contribution in [2.24, 2.45) is 12.8 Å². The number of aromatic nitrogens is 4. The number of amides is 1. The Kier molecular flexibility index (Phi) is 6.38. The van der Waals surface area contributed by atoms with Crippen LogP contribution in [0.4, 0.5) is 8.78 Å². The molecule has 0 aliphatic carbocycles. The second kappa shape index (κ2) is 9.42. The van der Waals surface area contributed by atoms with Crippen LogP contribution in [0.2, 0.25) is 0 Å². The highest BCUT2D eigenvalue weighted by molar-refractivity contribution is 6.03. The summed E-state index contributed by atoms with van der Waals surface area (Å²) >= 11 is 0. The number of hydrogen-bond donors (Lipinski definition) is 1. The van der Waals surface area contributed by atoms with E-state index in [1.807, 2.05) is 16.9 Å². The largest absolute Gasteiger partial charge is 0.496 e. The van der Waals surface area contributed by atoms with Crippen molar-refractivity contribution in [2.45, 2.75) is 26.5 Å². The van der Waals surface area contributed by atoms with Crippen molar-refractivity contribution in [1.29, 1.82) is 5.26 Å². The number of carbonyl (C=O) groups is 1. The number of carbonyl (C=O) groups excluding carboxylic acids is 1. The minimum absolute atomic E-state index is 0.0431. The van der Waals surface area contributed by atoms with E-state index in [4.69, 9.17) is 10.5 Å². The summed E-state index contributed by atoms with van der Waals surface area (Å²) in [6.07, 6.45) is 4.56. The smallest absolute Gasteiger partial charge is 0.387 e. The first kappa shape index (κ1) is 23.7. The zero-order chi connectivity index (χ0) is 25.3. The van der Waals surface area contributed by atoms with Gasteiger partial charge in [-0.05, 0) is 36.2 Å². The summed E-state index contributed by atoms with van der Waals surface area (Å²) in [4.78, 5) is 11.9. The number of rotatable bonds is 8. The van der Waals surface area contributed by atoms with Gasteiger partial charge in [-0.3, -0.25) is 14.2 Å². The molecule has 0 spiro atoms. The van der Waals surface area contributed by atoms with Crippen molar-refractivity contribution < 1.29 is 23.0 Å². The first-order valence-electron chi connectivity index (χ1n) is 10.7. The zero-order valence-corrected chi connectivity index (χ0v) is 19.2. The van der Waals surface area contributed by atoms with Gasteiger partial charge in [0, 0.05) is 36.3 Å². The van der Waals surface area contributed by atoms with E-state index in [9.17, 15) is 18.8 Å². The quantitative estimate of drug-likeness (QED) is 0.405. The lowest BCUT2D eigenvalue weighted by atomic mass is 9.98. The molecule has 11 heteroatoms. The molecule has 35 heavy (non-hydrogen) atoms. The topological polar surface area (TPSA) is 121 Å². The molecule has 0 aliphatic rings. The molecule has 0 aliphatic heterocycles. The zero-order valence-electron chi connectivity index (χ0n) is 19.2. The number of halogens is 2. The van der Waals surface area contributed by atoms with Gasteiger partial charge in [0.1, 0.15) is 17.1 Å². The third kappa shape index (κ3) is 4.38. The monoisotopic (exact) mass is 480 g/mol. The lowest BCUT2D eigenvalue weighted by Gasteiger charge is -2.15. The van der Waals surface area contributed by atoms with Gasteiger partial charge in [0.05, 0.1) is 36.1 Å². The van der Waals surface area contributed by atoms with Crippen molar-refractivity contribution in [3.8, 4) is 40.0 Å². The van der Waals surface area contributed by atoms with Crippen LogP contribution in [0.25, 0.3) is 33.3 Å². The maximum Gasteiger partial charge on any atom is 0.387 e. The minimum atomic E-state index is -3.19. The molecule has 0 saturated carbocycles. The molecular weight excluding hydrogens is 458 g/mol. The predicted molar refractivity (Wildman–Crippen MR) is 124 cm³/mol. The number of fused-ring (bicyclic) bond motifs is 1. The van der Waals surface area contributed by atoms with Gasteiger partial charge in [0.2, 0.25) is 0 Å². The van der Waals surface area contributed by atoms with E-state index in [-0.39, 0.29) is 11.3 Å². The molecule has 1 amide bonds. The molecule has 9 nitrogen and oxygen atoms in total. The Balaban J connectivity index is 1.94. The Morgan fingerprint density at radius 3 is 2.57 bits per heavy atom. The first-order chi connectivity index (χ1) is 16.8. The number of methoxy groups -OCH3 is 1. The number of alkyl halides is 2. The number of hydrogen-bond acceptors (Lipinski definition) is 6. The van der Waals surface area contributed by atoms with E-state index in [1.165, 1.54) is 23.9 Å². The van der Waals surface area contributed by atoms with Crippen molar-refractivity contribution in [1.82, 2.24) is 19.6 Å². The summed E-state index contributed by atoms with van der Waals surface area (Å²) in [5.74, 6) is -1.46. The minimum Gasteiger partial charge on any atom is -0.496 e. The van der Waals surface area contributed by atoms with E-state index in [2.05, 4.69) is 27.9 Å². The second-order valence-electron chi connectivity index (χ2n) is 7.79. The molecule has 2 N–H and O–H groups in total. The molecule has 0 atom stereocenters. The molecule has 0 radical (unpaired) electrons. The Morgan fingerprint density at radius 2 is 1.94 bits per heavy atom. The van der Waals surface area contributed by atoms with Gasteiger partial charge in [-0.15, -0.1) is 0 Å². The normalized spacial score (nSPS) is 11.1. The van der Waals surface area contributed by atoms with Crippen LogP contribution in [0, 0.1) is 11.3 Å². The fraction of sp³-hybridized carbons (Fsp3) is 0.250. The van der Waals surface area contributed by atoms with Gasteiger partial charge in [-0.2, -0.15) is 24.2 Å². The summed E-state index contributed by atoms with van der Waals surface area (Å²) in [5.41, 5.74) is 8.34. The third-order valence-electron chi connectivity index (χ3n) is 5.50. The van der Waals surface area contributed by atoms with Crippen LogP contribution in [0.5, 0.6) is 11.5 Å². The molecule has 180 valence electrons. The molecule has 0 fully saturated rings. The molecular formula is C24H22F2N6O3. The molecule has 0 unspecified atom stereocenters. The van der Waals surface area contributed by atoms with Gasteiger partial charge in [0.25, 0.3) is 5.91 Å². The Hall–Kier alpha value is -4.46. The van der Waals surface area contributed by atoms with Gasteiger partial charge in [-0.1, -0.05) is 6.92 Å². The fourth-order valence-corrected chi connectivity index (χ4v) is 4.10. The number of nitrogens with two attached hydrogens (primary N) is 1. The highest BCUT2D eigenvalue weighted by Gasteiger charge is 2.24. The van der Waals surface area contributed by atoms with Crippen molar-refractivity contribution in [2.75, 3.05) is 7.11 Å². The summed E-state index contributed by atoms with van der Waals surface area (Å²) in [6.45, 7) is -0.366. The van der Waals surface area contributed by atoms with Crippen LogP contribution < -0.4 is 15.2 Å². The summed E-state index contributed by atoms with van der Waals surface area (Å²) in [6, 6.07) is 8.49. The Bertz CT molecular complexity index is 1470. The summed E-state index contributed by atoms with van der Waals surface area (Å²) in [7, 11) is 2.95. The number of primary amides is 1. The SMILES string of the molecule is CCCn1cc(-c2cc(C#N)c3c(-c4cc(OC)c(C(N)=O)c(OC(F)F)c4)n(C)nc3c2)cn1. The highest BCUT2D eigenvalue weighted by atomic mass is 19.3. The number of nitriles is 1. The lowest BCUT2D eigenvalue weighted by Crippen LogP contribution is -2.16. The summed E-state index contributed by atoms with van der Waals surface area (Å²) < 4.78 is 39.4. The maximum atomic E-state index is 13.1. The van der Waals surface area contributed by atoms with E-state index in [0.717, 1.165) is 24.1 Å². The maximum absolute atomic E-state index is 13.1. The molecule has 2 aromatic carbocycles. The number of nitrogens with zero attached hydrogens (tertiary/aromatic N) is 5. The predicted octanol–water partition coefficient (Wildman–Crippen LogP) is 4.09. The van der Waals surface area contributed by atoms with E-state index in [1.54, 1.807) is 19.3 Å². The lowest BCUT2D eigenvalue weighted by molar-refractivity contribution is -0.0502. The fourth-order valence-electron chi connectivity index (χ4n) is 4.10. The van der Waals surface area contributed by atoms with Crippen LogP contribution in [-0.2, 0) is 13.6 Å². The van der Waals surface area contributed by atoms with Crippen molar-refractivity contribution in [3.63, 3.8) is 0 Å². The van der Waals surface area contributed by atoms with Crippen LogP contribution in [0.1, 0.15) is 29.3 Å². The average molecular weight is 480 g/mol. The highest BCUT2D eigenvalue weighted by Crippen LogP contribution is 2.40. The van der Waals surface area contributed by atoms with Gasteiger partial charge >= 0.3 is 6.61 Å². The summed E-state index contributed by atoms with van der Waals surface area (Å²) in [5, 5.41) is 19.4. The molecule has 0 saturated heterocycles. The van der Waals surface area contributed by atoms with Gasteiger partial charge in [-0.25, -0.2) is 0 Å². The van der Waals surface area contributed by atoms with E-state index >= 15 is 0 Å². The van der Waals surface area contributed by atoms with Crippen molar-refractivity contribution >= 4 is 16.8 Å². The van der Waals surface area contributed by atoms with Gasteiger partial charge in [0.15, 0.2) is 0 Å². The Labute approximate surface area is 199 Å². The van der Waals surface area contributed by atoms with Crippen LogP contribution >= 0.6 is 0 Å². The second-order valence-corrected chi connectivity index (χ2v) is 7.79. The number of benzene rings is 2. The number of ether oxygens (including phenoxy) is 2. The van der Waals surface area contributed by atoms with Crippen molar-refractivity contribution in [3.05, 3.63) is 47.8 Å². The number of aryl methyl sites for hydroxylation is 2. The molecule has 2 aromatic heterocycles. The molecule has 0 bridgehead atoms. The standard InChI is InChI=1S/C24H22F2N6O3/c1-4-5-32-12-16(11-29-32)13-6-15(10-27)20-17(7-13)30-31(2)22(20)14-8-18(34-3)21(23(28)33)19(9-14)35-24(25)26/h6-9,11-12,24H,4-5H2,1-3H3,(H2,28,33). The first-order valence-corrected chi connectivity index (χ1v) is 10.7. The van der Waals surface area contributed by atoms with E-state index < -0.39 is 18.3 Å². The van der Waals surface area contributed by atoms with Gasteiger partial charge < -0.3 is 15.2 Å². The Morgan fingerprint density at radius 1 is 1.20 bits per heavy atom. The van der Waals surface area contributed by atoms with Crippen LogP contribution in [-0.4, -0.2) is 39.2 Å². The van der Waals surface area contributed by atoms with Crippen LogP contribution in [0.3, 0.4) is 0 Å². The average Bonchev–Trinajstić information content (AvgIpc) is 3.41. The molecule has 2 heterocycles. The molecule has 4 aromatic rings. The van der Waals surface area contributed by atoms with E-state index in [0.29, 0.717) is 27.7 Å². The molecule has 4 rings (SSSR count). The van der Waals surface area contributed by atoms with Crippen LogP contribution in [0.15, 0.2) is 36.7 Å².